The molecule has 1 aliphatic carbocycles. The lowest BCUT2D eigenvalue weighted by Crippen LogP contribution is -2.01. The van der Waals surface area contributed by atoms with Crippen LogP contribution < -0.4 is 0 Å². The van der Waals surface area contributed by atoms with E-state index < -0.39 is 0 Å². The predicted octanol–water partition coefficient (Wildman–Crippen LogP) is 5.01. The molecule has 0 spiro atoms. The van der Waals surface area contributed by atoms with Crippen molar-refractivity contribution in [3.05, 3.63) is 77.1 Å². The molecule has 6 heteroatoms. The molecule has 0 saturated carbocycles. The highest BCUT2D eigenvalue weighted by molar-refractivity contribution is 7.98. The molecule has 0 N–H and O–H groups in total. The van der Waals surface area contributed by atoms with Crippen molar-refractivity contribution >= 4 is 11.8 Å². The Morgan fingerprint density at radius 3 is 2.64 bits per heavy atom. The van der Waals surface area contributed by atoms with Crippen LogP contribution in [-0.4, -0.2) is 20.0 Å². The number of hydrogen-bond donors (Lipinski definition) is 0. The van der Waals surface area contributed by atoms with Crippen molar-refractivity contribution < 1.29 is 4.42 Å². The number of fused-ring (bicyclic) bond motifs is 1. The first-order valence-electron chi connectivity index (χ1n) is 9.46. The third-order valence-corrected chi connectivity index (χ3v) is 5.88. The summed E-state index contributed by atoms with van der Waals surface area (Å²) in [6.45, 7) is 2.06. The fourth-order valence-corrected chi connectivity index (χ4v) is 4.35. The van der Waals surface area contributed by atoms with Gasteiger partial charge in [-0.15, -0.1) is 10.2 Å². The minimum Gasteiger partial charge on any atom is -0.411 e. The summed E-state index contributed by atoms with van der Waals surface area (Å²) in [5.74, 6) is 1.29. The lowest BCUT2D eigenvalue weighted by Gasteiger charge is -2.04. The molecule has 2 aromatic heterocycles. The Kier molecular flexibility index (Phi) is 4.49. The van der Waals surface area contributed by atoms with Crippen LogP contribution in [0.5, 0.6) is 0 Å². The van der Waals surface area contributed by atoms with Gasteiger partial charge in [-0.1, -0.05) is 47.7 Å². The molecule has 0 aliphatic heterocycles. The Morgan fingerprint density at radius 1 is 1.00 bits per heavy atom. The third-order valence-electron chi connectivity index (χ3n) is 5.05. The molecule has 0 saturated heterocycles. The van der Waals surface area contributed by atoms with E-state index in [2.05, 4.69) is 46.1 Å². The normalized spacial score (nSPS) is 13.0. The lowest BCUT2D eigenvalue weighted by atomic mass is 10.1. The molecule has 4 aromatic rings. The van der Waals surface area contributed by atoms with Crippen molar-refractivity contribution in [3.63, 3.8) is 0 Å². The highest BCUT2D eigenvalue weighted by Crippen LogP contribution is 2.32. The SMILES string of the molecule is Cc1ccc(-c2nnc(SCc3nn(-c4ccccc4)c4c3CCC4)o2)cc1. The van der Waals surface area contributed by atoms with Gasteiger partial charge in [0.25, 0.3) is 5.22 Å². The molecule has 0 atom stereocenters. The standard InChI is InChI=1S/C22H20N4OS/c1-15-10-12-16(13-11-15)21-23-24-22(27-21)28-14-19-18-8-5-9-20(18)26(25-19)17-6-3-2-4-7-17/h2-4,6-7,10-13H,5,8-9,14H2,1H3. The second kappa shape index (κ2) is 7.28. The van der Waals surface area contributed by atoms with E-state index in [9.17, 15) is 0 Å². The summed E-state index contributed by atoms with van der Waals surface area (Å²) in [6, 6.07) is 18.5. The molecule has 0 unspecified atom stereocenters. The fourth-order valence-electron chi connectivity index (χ4n) is 3.62. The molecule has 0 fully saturated rings. The average Bonchev–Trinajstić information content (AvgIpc) is 3.45. The third kappa shape index (κ3) is 3.24. The van der Waals surface area contributed by atoms with Gasteiger partial charge in [0.1, 0.15) is 0 Å². The molecule has 1 aliphatic rings. The van der Waals surface area contributed by atoms with Crippen LogP contribution in [0.25, 0.3) is 17.1 Å². The van der Waals surface area contributed by atoms with Crippen LogP contribution in [-0.2, 0) is 18.6 Å². The first-order chi connectivity index (χ1) is 13.8. The summed E-state index contributed by atoms with van der Waals surface area (Å²) in [5.41, 5.74) is 7.12. The zero-order valence-electron chi connectivity index (χ0n) is 15.6. The van der Waals surface area contributed by atoms with Crippen LogP contribution in [0.3, 0.4) is 0 Å². The van der Waals surface area contributed by atoms with Crippen LogP contribution in [0.2, 0.25) is 0 Å². The Bertz CT molecular complexity index is 1100. The van der Waals surface area contributed by atoms with E-state index in [0.717, 1.165) is 35.5 Å². The maximum absolute atomic E-state index is 5.85. The number of thioether (sulfide) groups is 1. The Labute approximate surface area is 167 Å². The van der Waals surface area contributed by atoms with Crippen LogP contribution in [0.4, 0.5) is 0 Å². The van der Waals surface area contributed by atoms with Crippen molar-refractivity contribution in [2.45, 2.75) is 37.2 Å². The maximum Gasteiger partial charge on any atom is 0.277 e. The highest BCUT2D eigenvalue weighted by atomic mass is 32.2. The molecule has 5 rings (SSSR count). The zero-order chi connectivity index (χ0) is 18.9. The molecule has 2 aromatic carbocycles. The zero-order valence-corrected chi connectivity index (χ0v) is 16.4. The summed E-state index contributed by atoms with van der Waals surface area (Å²) in [6.07, 6.45) is 3.37. The van der Waals surface area contributed by atoms with E-state index in [0.29, 0.717) is 11.1 Å². The van der Waals surface area contributed by atoms with Crippen LogP contribution in [0.1, 0.15) is 28.9 Å². The van der Waals surface area contributed by atoms with E-state index >= 15 is 0 Å². The summed E-state index contributed by atoms with van der Waals surface area (Å²) in [4.78, 5) is 0. The summed E-state index contributed by atoms with van der Waals surface area (Å²) < 4.78 is 7.95. The van der Waals surface area contributed by atoms with E-state index in [1.165, 1.54) is 23.2 Å². The van der Waals surface area contributed by atoms with Gasteiger partial charge in [0.15, 0.2) is 0 Å². The second-order valence-electron chi connectivity index (χ2n) is 7.00. The highest BCUT2D eigenvalue weighted by Gasteiger charge is 2.23. The second-order valence-corrected chi connectivity index (χ2v) is 7.93. The van der Waals surface area contributed by atoms with Crippen molar-refractivity contribution in [1.82, 2.24) is 20.0 Å². The number of benzene rings is 2. The molecule has 2 heterocycles. The molecule has 5 nitrogen and oxygen atoms in total. The minimum atomic E-state index is 0.558. The number of para-hydroxylation sites is 1. The molecule has 0 radical (unpaired) electrons. The van der Waals surface area contributed by atoms with Gasteiger partial charge in [0.05, 0.1) is 11.4 Å². The van der Waals surface area contributed by atoms with Gasteiger partial charge in [-0.3, -0.25) is 0 Å². The summed E-state index contributed by atoms with van der Waals surface area (Å²) in [5, 5.41) is 13.9. The van der Waals surface area contributed by atoms with Gasteiger partial charge in [-0.25, -0.2) is 4.68 Å². The van der Waals surface area contributed by atoms with Crippen LogP contribution >= 0.6 is 11.8 Å². The Morgan fingerprint density at radius 2 is 1.82 bits per heavy atom. The number of rotatable bonds is 5. The van der Waals surface area contributed by atoms with E-state index in [4.69, 9.17) is 9.52 Å². The molecule has 0 amide bonds. The summed E-state index contributed by atoms with van der Waals surface area (Å²) in [7, 11) is 0. The number of hydrogen-bond acceptors (Lipinski definition) is 5. The average molecular weight is 388 g/mol. The topological polar surface area (TPSA) is 56.7 Å². The van der Waals surface area contributed by atoms with E-state index in [1.54, 1.807) is 11.8 Å². The predicted molar refractivity (Wildman–Crippen MR) is 110 cm³/mol. The van der Waals surface area contributed by atoms with Gasteiger partial charge < -0.3 is 4.42 Å². The van der Waals surface area contributed by atoms with E-state index in [-0.39, 0.29) is 0 Å². The number of aryl methyl sites for hydroxylation is 1. The van der Waals surface area contributed by atoms with Gasteiger partial charge in [-0.2, -0.15) is 5.10 Å². The van der Waals surface area contributed by atoms with Crippen molar-refractivity contribution in [2.24, 2.45) is 0 Å². The molecule has 140 valence electrons. The first-order valence-corrected chi connectivity index (χ1v) is 10.4. The molecule has 0 bridgehead atoms. The smallest absolute Gasteiger partial charge is 0.277 e. The minimum absolute atomic E-state index is 0.558. The quantitative estimate of drug-likeness (QED) is 0.450. The fraction of sp³-hybridized carbons (Fsp3) is 0.227. The first kappa shape index (κ1) is 17.3. The van der Waals surface area contributed by atoms with Crippen molar-refractivity contribution in [3.8, 4) is 17.1 Å². The maximum atomic E-state index is 5.85. The van der Waals surface area contributed by atoms with Crippen LogP contribution in [0, 0.1) is 6.92 Å². The van der Waals surface area contributed by atoms with Gasteiger partial charge >= 0.3 is 0 Å². The molecular weight excluding hydrogens is 368 g/mol. The lowest BCUT2D eigenvalue weighted by molar-refractivity contribution is 0.465. The Balaban J connectivity index is 1.36. The van der Waals surface area contributed by atoms with E-state index in [1.807, 2.05) is 30.3 Å². The van der Waals surface area contributed by atoms with Gasteiger partial charge in [0, 0.05) is 17.0 Å². The summed E-state index contributed by atoms with van der Waals surface area (Å²) >= 11 is 1.55. The van der Waals surface area contributed by atoms with Crippen LogP contribution in [0.15, 0.2) is 64.2 Å². The van der Waals surface area contributed by atoms with Gasteiger partial charge in [-0.05, 0) is 56.0 Å². The largest absolute Gasteiger partial charge is 0.411 e. The molecule has 28 heavy (non-hydrogen) atoms. The number of aromatic nitrogens is 4. The molecular formula is C22H20N4OS. The van der Waals surface area contributed by atoms with Crippen molar-refractivity contribution in [2.75, 3.05) is 0 Å². The monoisotopic (exact) mass is 388 g/mol. The number of nitrogens with zero attached hydrogens (tertiary/aromatic N) is 4. The van der Waals surface area contributed by atoms with Gasteiger partial charge in [0.2, 0.25) is 5.89 Å². The van der Waals surface area contributed by atoms with Crippen molar-refractivity contribution in [1.29, 1.82) is 0 Å². The Hall–Kier alpha value is -2.86.